The quantitative estimate of drug-likeness (QED) is 0.890. The van der Waals surface area contributed by atoms with Crippen molar-refractivity contribution in [3.8, 4) is 5.75 Å². The third kappa shape index (κ3) is 4.32. The Hall–Kier alpha value is -1.85. The molecule has 0 saturated heterocycles. The van der Waals surface area contributed by atoms with E-state index in [-0.39, 0.29) is 12.3 Å². The van der Waals surface area contributed by atoms with Crippen molar-refractivity contribution in [2.24, 2.45) is 0 Å². The van der Waals surface area contributed by atoms with Gasteiger partial charge in [-0.05, 0) is 42.2 Å². The fourth-order valence-corrected chi connectivity index (χ4v) is 3.40. The number of methoxy groups -OCH3 is 1. The molecule has 1 N–H and O–H groups in total. The lowest BCUT2D eigenvalue weighted by Gasteiger charge is -2.12. The molecule has 0 aliphatic carbocycles. The van der Waals surface area contributed by atoms with Gasteiger partial charge in [0, 0.05) is 6.54 Å². The van der Waals surface area contributed by atoms with E-state index in [9.17, 15) is 8.42 Å². The monoisotopic (exact) mass is 319 g/mol. The number of nitrogens with one attached hydrogen (secondary N) is 1. The largest absolute Gasteiger partial charge is 0.496 e. The first kappa shape index (κ1) is 16.5. The summed E-state index contributed by atoms with van der Waals surface area (Å²) < 4.78 is 32.2. The van der Waals surface area contributed by atoms with Crippen LogP contribution in [0.25, 0.3) is 0 Å². The van der Waals surface area contributed by atoms with Crippen LogP contribution in [0.3, 0.4) is 0 Å². The lowest BCUT2D eigenvalue weighted by Crippen LogP contribution is -2.25. The summed E-state index contributed by atoms with van der Waals surface area (Å²) in [5, 5.41) is 0. The molecule has 0 spiro atoms. The summed E-state index contributed by atoms with van der Waals surface area (Å²) >= 11 is 0. The number of rotatable bonds is 6. The Morgan fingerprint density at radius 1 is 1.05 bits per heavy atom. The predicted octanol–water partition coefficient (Wildman–Crippen LogP) is 2.93. The maximum Gasteiger partial charge on any atom is 0.216 e. The second-order valence-corrected chi connectivity index (χ2v) is 7.12. The molecule has 5 heteroatoms. The van der Waals surface area contributed by atoms with Gasteiger partial charge in [-0.15, -0.1) is 0 Å². The molecule has 0 aliphatic rings. The van der Waals surface area contributed by atoms with Crippen molar-refractivity contribution in [2.75, 3.05) is 7.11 Å². The van der Waals surface area contributed by atoms with E-state index in [1.807, 2.05) is 56.3 Å². The highest BCUT2D eigenvalue weighted by atomic mass is 32.2. The summed E-state index contributed by atoms with van der Waals surface area (Å²) in [4.78, 5) is 0. The minimum atomic E-state index is -3.36. The number of hydrogen-bond donors (Lipinski definition) is 1. The van der Waals surface area contributed by atoms with Gasteiger partial charge in [0.1, 0.15) is 5.75 Å². The van der Waals surface area contributed by atoms with Gasteiger partial charge in [0.2, 0.25) is 10.0 Å². The van der Waals surface area contributed by atoms with Crippen LogP contribution in [0.5, 0.6) is 5.75 Å². The molecule has 2 rings (SSSR count). The van der Waals surface area contributed by atoms with Gasteiger partial charge in [-0.25, -0.2) is 13.1 Å². The van der Waals surface area contributed by atoms with Crippen molar-refractivity contribution in [3.05, 3.63) is 64.7 Å². The van der Waals surface area contributed by atoms with E-state index in [1.165, 1.54) is 0 Å². The summed E-state index contributed by atoms with van der Waals surface area (Å²) in [6.07, 6.45) is 0. The molecule has 0 atom stereocenters. The minimum Gasteiger partial charge on any atom is -0.496 e. The van der Waals surface area contributed by atoms with Crippen LogP contribution in [0.15, 0.2) is 42.5 Å². The van der Waals surface area contributed by atoms with Crippen molar-refractivity contribution in [1.29, 1.82) is 0 Å². The zero-order valence-electron chi connectivity index (χ0n) is 13.1. The number of ether oxygens (including phenoxy) is 1. The third-order valence-corrected chi connectivity index (χ3v) is 4.83. The second-order valence-electron chi connectivity index (χ2n) is 5.31. The average molecular weight is 319 g/mol. The van der Waals surface area contributed by atoms with Crippen LogP contribution in [-0.2, 0) is 22.3 Å². The molecular formula is C17H21NO3S. The van der Waals surface area contributed by atoms with E-state index < -0.39 is 10.0 Å². The summed E-state index contributed by atoms with van der Waals surface area (Å²) in [6, 6.07) is 13.0. The number of benzene rings is 2. The molecule has 0 amide bonds. The third-order valence-electron chi connectivity index (χ3n) is 3.54. The normalized spacial score (nSPS) is 11.4. The molecule has 0 fully saturated rings. The maximum absolute atomic E-state index is 12.2. The van der Waals surface area contributed by atoms with Crippen molar-refractivity contribution in [2.45, 2.75) is 26.1 Å². The number of hydrogen-bond acceptors (Lipinski definition) is 3. The highest BCUT2D eigenvalue weighted by molar-refractivity contribution is 7.88. The van der Waals surface area contributed by atoms with Crippen LogP contribution in [0, 0.1) is 13.8 Å². The Morgan fingerprint density at radius 2 is 1.73 bits per heavy atom. The van der Waals surface area contributed by atoms with Gasteiger partial charge in [-0.3, -0.25) is 0 Å². The highest BCUT2D eigenvalue weighted by Gasteiger charge is 2.12. The fourth-order valence-electron chi connectivity index (χ4n) is 2.29. The Morgan fingerprint density at radius 3 is 2.36 bits per heavy atom. The van der Waals surface area contributed by atoms with Crippen LogP contribution in [0.2, 0.25) is 0 Å². The first-order chi connectivity index (χ1) is 10.4. The van der Waals surface area contributed by atoms with Gasteiger partial charge in [0.05, 0.1) is 12.9 Å². The predicted molar refractivity (Wildman–Crippen MR) is 88.4 cm³/mol. The van der Waals surface area contributed by atoms with Crippen LogP contribution in [0.4, 0.5) is 0 Å². The Bertz CT molecular complexity index is 740. The second kappa shape index (κ2) is 6.94. The molecule has 2 aromatic rings. The lowest BCUT2D eigenvalue weighted by atomic mass is 10.0. The highest BCUT2D eigenvalue weighted by Crippen LogP contribution is 2.22. The van der Waals surface area contributed by atoms with Gasteiger partial charge in [0.15, 0.2) is 0 Å². The van der Waals surface area contributed by atoms with E-state index in [4.69, 9.17) is 4.74 Å². The average Bonchev–Trinajstić information content (AvgIpc) is 2.48. The van der Waals surface area contributed by atoms with E-state index in [0.29, 0.717) is 0 Å². The van der Waals surface area contributed by atoms with E-state index in [2.05, 4.69) is 4.72 Å². The molecule has 0 radical (unpaired) electrons. The zero-order chi connectivity index (χ0) is 16.2. The van der Waals surface area contributed by atoms with Gasteiger partial charge in [-0.2, -0.15) is 0 Å². The molecule has 0 bridgehead atoms. The molecule has 0 unspecified atom stereocenters. The van der Waals surface area contributed by atoms with Gasteiger partial charge < -0.3 is 4.74 Å². The number of sulfonamides is 1. The molecule has 2 aromatic carbocycles. The van der Waals surface area contributed by atoms with Crippen LogP contribution >= 0.6 is 0 Å². The topological polar surface area (TPSA) is 55.4 Å². The van der Waals surface area contributed by atoms with Crippen LogP contribution in [0.1, 0.15) is 22.3 Å². The fraction of sp³-hybridized carbons (Fsp3) is 0.294. The van der Waals surface area contributed by atoms with Crippen molar-refractivity contribution < 1.29 is 13.2 Å². The van der Waals surface area contributed by atoms with Crippen LogP contribution < -0.4 is 9.46 Å². The molecule has 4 nitrogen and oxygen atoms in total. The minimum absolute atomic E-state index is 0.0119. The van der Waals surface area contributed by atoms with Crippen molar-refractivity contribution in [1.82, 2.24) is 4.72 Å². The van der Waals surface area contributed by atoms with Gasteiger partial charge >= 0.3 is 0 Å². The smallest absolute Gasteiger partial charge is 0.216 e. The Kier molecular flexibility index (Phi) is 5.21. The summed E-state index contributed by atoms with van der Waals surface area (Å²) in [7, 11) is -1.73. The van der Waals surface area contributed by atoms with E-state index in [1.54, 1.807) is 7.11 Å². The molecule has 118 valence electrons. The van der Waals surface area contributed by atoms with E-state index in [0.717, 1.165) is 28.0 Å². The van der Waals surface area contributed by atoms with Gasteiger partial charge in [-0.1, -0.05) is 36.4 Å². The molecule has 0 heterocycles. The molecule has 22 heavy (non-hydrogen) atoms. The molecular weight excluding hydrogens is 298 g/mol. The summed E-state index contributed by atoms with van der Waals surface area (Å²) in [5.41, 5.74) is 3.72. The Balaban J connectivity index is 2.08. The zero-order valence-corrected chi connectivity index (χ0v) is 13.9. The maximum atomic E-state index is 12.2. The molecule has 0 aromatic heterocycles. The number of aryl methyl sites for hydroxylation is 2. The molecule has 0 aliphatic heterocycles. The van der Waals surface area contributed by atoms with Crippen LogP contribution in [-0.4, -0.2) is 15.5 Å². The van der Waals surface area contributed by atoms with Gasteiger partial charge in [0.25, 0.3) is 0 Å². The molecule has 0 saturated carbocycles. The van der Waals surface area contributed by atoms with Crippen molar-refractivity contribution in [3.63, 3.8) is 0 Å². The first-order valence-electron chi connectivity index (χ1n) is 7.06. The van der Waals surface area contributed by atoms with E-state index >= 15 is 0 Å². The van der Waals surface area contributed by atoms with Crippen molar-refractivity contribution >= 4 is 10.0 Å². The summed E-state index contributed by atoms with van der Waals surface area (Å²) in [5.74, 6) is 0.801. The standard InChI is InChI=1S/C17H21NO3S/c1-13-10-17(21-3)14(2)9-16(13)11-18-22(19,20)12-15-7-5-4-6-8-15/h4-10,18H,11-12H2,1-3H3. The SMILES string of the molecule is COc1cc(C)c(CNS(=O)(=O)Cc2ccccc2)cc1C. The summed E-state index contributed by atoms with van der Waals surface area (Å²) in [6.45, 7) is 4.18. The first-order valence-corrected chi connectivity index (χ1v) is 8.72. The Labute approximate surface area is 132 Å². The lowest BCUT2D eigenvalue weighted by molar-refractivity contribution is 0.411.